The minimum atomic E-state index is 0.0312. The fourth-order valence-corrected chi connectivity index (χ4v) is 3.65. The van der Waals surface area contributed by atoms with Gasteiger partial charge in [-0.15, -0.1) is 0 Å². The Morgan fingerprint density at radius 1 is 1.36 bits per heavy atom. The zero-order chi connectivity index (χ0) is 15.1. The maximum absolute atomic E-state index is 12.8. The highest BCUT2D eigenvalue weighted by atomic mass is 16.5. The van der Waals surface area contributed by atoms with Crippen LogP contribution in [-0.2, 0) is 9.47 Å². The van der Waals surface area contributed by atoms with Crippen LogP contribution < -0.4 is 0 Å². The monoisotopic (exact) mass is 305 g/mol. The Hall–Kier alpha value is -1.33. The standard InChI is InChI=1S/C17H23NO4/c1-11-13(6-8-20-11)17(19)18-7-9-21-16-14(18)4-5-15(16)22-10-12-2-3-12/h6,8,12,14-16H,2-5,7,9-10H2,1H3/t14-,15+,16+/m0/s1. The van der Waals surface area contributed by atoms with Crippen LogP contribution in [0.1, 0.15) is 41.8 Å². The molecule has 5 heteroatoms. The highest BCUT2D eigenvalue weighted by Crippen LogP contribution is 2.35. The van der Waals surface area contributed by atoms with E-state index in [-0.39, 0.29) is 24.2 Å². The number of aryl methyl sites for hydroxylation is 1. The maximum Gasteiger partial charge on any atom is 0.257 e. The topological polar surface area (TPSA) is 51.9 Å². The van der Waals surface area contributed by atoms with E-state index in [0.717, 1.165) is 25.4 Å². The van der Waals surface area contributed by atoms with Crippen LogP contribution in [0.3, 0.4) is 0 Å². The van der Waals surface area contributed by atoms with Crippen molar-refractivity contribution in [3.63, 3.8) is 0 Å². The van der Waals surface area contributed by atoms with Gasteiger partial charge in [0.25, 0.3) is 5.91 Å². The number of carbonyl (C=O) groups excluding carboxylic acids is 1. The first-order valence-corrected chi connectivity index (χ1v) is 8.32. The van der Waals surface area contributed by atoms with Crippen molar-refractivity contribution in [2.24, 2.45) is 5.92 Å². The minimum absolute atomic E-state index is 0.0312. The summed E-state index contributed by atoms with van der Waals surface area (Å²) in [7, 11) is 0. The molecule has 0 unspecified atom stereocenters. The predicted octanol–water partition coefficient (Wildman–Crippen LogP) is 2.39. The number of nitrogens with zero attached hydrogens (tertiary/aromatic N) is 1. The van der Waals surface area contributed by atoms with Crippen molar-refractivity contribution >= 4 is 5.91 Å². The van der Waals surface area contributed by atoms with E-state index in [1.165, 1.54) is 12.8 Å². The van der Waals surface area contributed by atoms with Crippen molar-refractivity contribution in [3.05, 3.63) is 23.7 Å². The quantitative estimate of drug-likeness (QED) is 0.857. The number of carbonyl (C=O) groups is 1. The number of furan rings is 1. The third-order valence-corrected chi connectivity index (χ3v) is 5.13. The van der Waals surface area contributed by atoms with Gasteiger partial charge in [0.05, 0.1) is 30.6 Å². The Labute approximate surface area is 130 Å². The summed E-state index contributed by atoms with van der Waals surface area (Å²) in [5.41, 5.74) is 0.669. The van der Waals surface area contributed by atoms with E-state index in [2.05, 4.69) is 0 Å². The molecule has 1 aromatic heterocycles. The van der Waals surface area contributed by atoms with Gasteiger partial charge >= 0.3 is 0 Å². The van der Waals surface area contributed by atoms with E-state index >= 15 is 0 Å². The van der Waals surface area contributed by atoms with E-state index in [4.69, 9.17) is 13.9 Å². The zero-order valence-electron chi connectivity index (χ0n) is 13.0. The maximum atomic E-state index is 12.8. The molecule has 3 aliphatic rings. The second-order valence-electron chi connectivity index (χ2n) is 6.68. The molecule has 0 spiro atoms. The van der Waals surface area contributed by atoms with Gasteiger partial charge in [-0.1, -0.05) is 0 Å². The van der Waals surface area contributed by atoms with Crippen molar-refractivity contribution in [2.75, 3.05) is 19.8 Å². The fraction of sp³-hybridized carbons (Fsp3) is 0.706. The van der Waals surface area contributed by atoms with Gasteiger partial charge in [0.2, 0.25) is 0 Å². The number of hydrogen-bond acceptors (Lipinski definition) is 4. The second-order valence-corrected chi connectivity index (χ2v) is 6.68. The Bertz CT molecular complexity index is 551. The number of morpholine rings is 1. The molecule has 1 aromatic rings. The Kier molecular flexibility index (Phi) is 3.70. The van der Waals surface area contributed by atoms with Crippen molar-refractivity contribution in [1.82, 2.24) is 4.90 Å². The second kappa shape index (κ2) is 5.70. The molecule has 120 valence electrons. The Balaban J connectivity index is 1.45. The molecule has 22 heavy (non-hydrogen) atoms. The third-order valence-electron chi connectivity index (χ3n) is 5.13. The molecular weight excluding hydrogens is 282 g/mol. The van der Waals surface area contributed by atoms with Gasteiger partial charge in [-0.3, -0.25) is 4.79 Å². The molecule has 1 aliphatic heterocycles. The van der Waals surface area contributed by atoms with Crippen LogP contribution in [0.25, 0.3) is 0 Å². The van der Waals surface area contributed by atoms with Crippen LogP contribution in [0.15, 0.2) is 16.7 Å². The average Bonchev–Trinajstić information content (AvgIpc) is 3.11. The summed E-state index contributed by atoms with van der Waals surface area (Å²) in [4.78, 5) is 14.7. The van der Waals surface area contributed by atoms with Gasteiger partial charge in [-0.05, 0) is 44.6 Å². The van der Waals surface area contributed by atoms with E-state index in [9.17, 15) is 4.79 Å². The van der Waals surface area contributed by atoms with Gasteiger partial charge in [0.1, 0.15) is 11.9 Å². The summed E-state index contributed by atoms with van der Waals surface area (Å²) in [6, 6.07) is 1.90. The molecule has 0 bridgehead atoms. The van der Waals surface area contributed by atoms with Crippen molar-refractivity contribution < 1.29 is 18.7 Å². The van der Waals surface area contributed by atoms with Crippen LogP contribution in [0.4, 0.5) is 0 Å². The molecule has 3 atom stereocenters. The lowest BCUT2D eigenvalue weighted by molar-refractivity contribution is -0.106. The Morgan fingerprint density at radius 2 is 2.23 bits per heavy atom. The molecule has 0 N–H and O–H groups in total. The minimum Gasteiger partial charge on any atom is -0.469 e. The third kappa shape index (κ3) is 2.57. The number of fused-ring (bicyclic) bond motifs is 1. The van der Waals surface area contributed by atoms with Gasteiger partial charge in [0.15, 0.2) is 0 Å². The van der Waals surface area contributed by atoms with Crippen LogP contribution in [0.2, 0.25) is 0 Å². The number of hydrogen-bond donors (Lipinski definition) is 0. The number of rotatable bonds is 4. The summed E-state index contributed by atoms with van der Waals surface area (Å²) in [6.07, 6.45) is 6.29. The predicted molar refractivity (Wildman–Crippen MR) is 79.7 cm³/mol. The first-order chi connectivity index (χ1) is 10.7. The zero-order valence-corrected chi connectivity index (χ0v) is 13.0. The van der Waals surface area contributed by atoms with E-state index in [0.29, 0.717) is 24.5 Å². The molecule has 4 rings (SSSR count). The van der Waals surface area contributed by atoms with Gasteiger partial charge < -0.3 is 18.8 Å². The van der Waals surface area contributed by atoms with Gasteiger partial charge in [-0.25, -0.2) is 0 Å². The van der Waals surface area contributed by atoms with Crippen LogP contribution in [0.5, 0.6) is 0 Å². The fourth-order valence-electron chi connectivity index (χ4n) is 3.65. The first-order valence-electron chi connectivity index (χ1n) is 8.32. The Morgan fingerprint density at radius 3 is 2.95 bits per heavy atom. The molecule has 1 saturated heterocycles. The molecule has 0 aromatic carbocycles. The molecule has 2 saturated carbocycles. The van der Waals surface area contributed by atoms with Crippen LogP contribution in [0, 0.1) is 12.8 Å². The molecule has 2 aliphatic carbocycles. The first kappa shape index (κ1) is 14.3. The molecule has 0 radical (unpaired) electrons. The van der Waals surface area contributed by atoms with E-state index < -0.39 is 0 Å². The van der Waals surface area contributed by atoms with Gasteiger partial charge in [-0.2, -0.15) is 0 Å². The van der Waals surface area contributed by atoms with E-state index in [1.54, 1.807) is 12.3 Å². The lowest BCUT2D eigenvalue weighted by Crippen LogP contribution is -2.54. The highest BCUT2D eigenvalue weighted by Gasteiger charge is 2.45. The summed E-state index contributed by atoms with van der Waals surface area (Å²) in [5, 5.41) is 0. The summed E-state index contributed by atoms with van der Waals surface area (Å²) < 4.78 is 17.3. The molecule has 3 fully saturated rings. The van der Waals surface area contributed by atoms with Crippen LogP contribution >= 0.6 is 0 Å². The SMILES string of the molecule is Cc1occc1C(=O)N1CCO[C@H]2[C@H](OCC3CC3)CC[C@@H]21. The van der Waals surface area contributed by atoms with Crippen LogP contribution in [-0.4, -0.2) is 48.8 Å². The number of amides is 1. The molecule has 5 nitrogen and oxygen atoms in total. The normalized spacial score (nSPS) is 31.3. The average molecular weight is 305 g/mol. The largest absolute Gasteiger partial charge is 0.469 e. The highest BCUT2D eigenvalue weighted by molar-refractivity contribution is 5.95. The van der Waals surface area contributed by atoms with E-state index in [1.807, 2.05) is 11.8 Å². The van der Waals surface area contributed by atoms with Crippen molar-refractivity contribution in [2.45, 2.75) is 50.9 Å². The summed E-state index contributed by atoms with van der Waals surface area (Å²) >= 11 is 0. The smallest absolute Gasteiger partial charge is 0.257 e. The lowest BCUT2D eigenvalue weighted by Gasteiger charge is -2.39. The summed E-state index contributed by atoms with van der Waals surface area (Å²) in [5.74, 6) is 1.51. The molecular formula is C17H23NO4. The van der Waals surface area contributed by atoms with Crippen molar-refractivity contribution in [3.8, 4) is 0 Å². The summed E-state index contributed by atoms with van der Waals surface area (Å²) in [6.45, 7) is 3.93. The number of ether oxygens (including phenoxy) is 2. The van der Waals surface area contributed by atoms with Crippen molar-refractivity contribution in [1.29, 1.82) is 0 Å². The lowest BCUT2D eigenvalue weighted by atomic mass is 10.1. The molecule has 1 amide bonds. The molecule has 2 heterocycles. The van der Waals surface area contributed by atoms with Gasteiger partial charge in [0, 0.05) is 13.2 Å².